The van der Waals surface area contributed by atoms with E-state index in [4.69, 9.17) is 5.11 Å². The van der Waals surface area contributed by atoms with Crippen molar-refractivity contribution in [2.75, 3.05) is 6.54 Å². The third-order valence-corrected chi connectivity index (χ3v) is 3.75. The number of carbonyl (C=O) groups is 2. The maximum absolute atomic E-state index is 12.1. The molecule has 1 saturated carbocycles. The number of nitrogens with one attached hydrogen (secondary N) is 1. The molecule has 0 radical (unpaired) electrons. The SMILES string of the molecule is CC(CNC(=O)C1(C)CCCCCC1)C(=O)O. The third kappa shape index (κ3) is 4.02. The highest BCUT2D eigenvalue weighted by Gasteiger charge is 2.33. The number of amides is 1. The van der Waals surface area contributed by atoms with E-state index in [1.54, 1.807) is 6.92 Å². The van der Waals surface area contributed by atoms with E-state index >= 15 is 0 Å². The molecule has 1 atom stereocenters. The average molecular weight is 241 g/mol. The van der Waals surface area contributed by atoms with Crippen LogP contribution in [0.1, 0.15) is 52.4 Å². The van der Waals surface area contributed by atoms with Gasteiger partial charge >= 0.3 is 5.97 Å². The lowest BCUT2D eigenvalue weighted by Gasteiger charge is -2.27. The maximum Gasteiger partial charge on any atom is 0.308 e. The van der Waals surface area contributed by atoms with Crippen LogP contribution in [-0.2, 0) is 9.59 Å². The van der Waals surface area contributed by atoms with E-state index in [9.17, 15) is 9.59 Å². The largest absolute Gasteiger partial charge is 0.481 e. The molecule has 0 aromatic carbocycles. The summed E-state index contributed by atoms with van der Waals surface area (Å²) in [6.45, 7) is 3.83. The van der Waals surface area contributed by atoms with Crippen molar-refractivity contribution in [1.29, 1.82) is 0 Å². The molecule has 1 amide bonds. The Morgan fingerprint density at radius 2 is 1.76 bits per heavy atom. The van der Waals surface area contributed by atoms with Gasteiger partial charge in [0.1, 0.15) is 0 Å². The van der Waals surface area contributed by atoms with Crippen molar-refractivity contribution in [3.8, 4) is 0 Å². The van der Waals surface area contributed by atoms with Gasteiger partial charge in [0, 0.05) is 12.0 Å². The van der Waals surface area contributed by atoms with Crippen molar-refractivity contribution < 1.29 is 14.7 Å². The van der Waals surface area contributed by atoms with Crippen molar-refractivity contribution in [1.82, 2.24) is 5.32 Å². The maximum atomic E-state index is 12.1. The van der Waals surface area contributed by atoms with Crippen LogP contribution in [0.5, 0.6) is 0 Å². The van der Waals surface area contributed by atoms with Crippen molar-refractivity contribution >= 4 is 11.9 Å². The molecule has 0 aliphatic heterocycles. The highest BCUT2D eigenvalue weighted by Crippen LogP contribution is 2.34. The van der Waals surface area contributed by atoms with Gasteiger partial charge in [0.05, 0.1) is 5.92 Å². The highest BCUT2D eigenvalue weighted by molar-refractivity contribution is 5.82. The number of carbonyl (C=O) groups excluding carboxylic acids is 1. The molecule has 1 aliphatic carbocycles. The molecule has 17 heavy (non-hydrogen) atoms. The summed E-state index contributed by atoms with van der Waals surface area (Å²) >= 11 is 0. The summed E-state index contributed by atoms with van der Waals surface area (Å²) in [5, 5.41) is 11.5. The molecule has 1 rings (SSSR count). The molecule has 1 fully saturated rings. The summed E-state index contributed by atoms with van der Waals surface area (Å²) in [5.74, 6) is -1.36. The van der Waals surface area contributed by atoms with Gasteiger partial charge in [-0.2, -0.15) is 0 Å². The summed E-state index contributed by atoms with van der Waals surface area (Å²) in [6.07, 6.45) is 6.43. The van der Waals surface area contributed by atoms with Crippen LogP contribution in [0.25, 0.3) is 0 Å². The van der Waals surface area contributed by atoms with Crippen LogP contribution < -0.4 is 5.32 Å². The van der Waals surface area contributed by atoms with Gasteiger partial charge in [-0.3, -0.25) is 9.59 Å². The molecule has 4 heteroatoms. The Morgan fingerprint density at radius 1 is 1.24 bits per heavy atom. The second kappa shape index (κ2) is 6.03. The first-order chi connectivity index (χ1) is 7.96. The standard InChI is InChI=1S/C13H23NO3/c1-10(11(15)16)9-14-12(17)13(2)7-5-3-4-6-8-13/h10H,3-9H2,1-2H3,(H,14,17)(H,15,16). The molecule has 0 bridgehead atoms. The number of carboxylic acid groups (broad SMARTS) is 1. The molecule has 0 spiro atoms. The first kappa shape index (κ1) is 14.0. The van der Waals surface area contributed by atoms with Crippen LogP contribution in [0.15, 0.2) is 0 Å². The number of aliphatic carboxylic acids is 1. The van der Waals surface area contributed by atoms with Crippen LogP contribution in [0.3, 0.4) is 0 Å². The zero-order chi connectivity index (χ0) is 12.9. The van der Waals surface area contributed by atoms with Crippen LogP contribution in [-0.4, -0.2) is 23.5 Å². The Hall–Kier alpha value is -1.06. The minimum Gasteiger partial charge on any atom is -0.481 e. The summed E-state index contributed by atoms with van der Waals surface area (Å²) in [6, 6.07) is 0. The lowest BCUT2D eigenvalue weighted by atomic mass is 9.81. The molecular formula is C13H23NO3. The van der Waals surface area contributed by atoms with Crippen molar-refractivity contribution in [2.24, 2.45) is 11.3 Å². The van der Waals surface area contributed by atoms with E-state index in [-0.39, 0.29) is 17.9 Å². The molecular weight excluding hydrogens is 218 g/mol. The Bertz CT molecular complexity index is 280. The average Bonchev–Trinajstić information content (AvgIpc) is 2.51. The van der Waals surface area contributed by atoms with Crippen LogP contribution in [0, 0.1) is 11.3 Å². The van der Waals surface area contributed by atoms with Gasteiger partial charge < -0.3 is 10.4 Å². The molecule has 0 saturated heterocycles. The van der Waals surface area contributed by atoms with Gasteiger partial charge in [-0.25, -0.2) is 0 Å². The van der Waals surface area contributed by atoms with E-state index < -0.39 is 11.9 Å². The molecule has 0 aromatic rings. The normalized spacial score (nSPS) is 21.3. The van der Waals surface area contributed by atoms with E-state index in [1.807, 2.05) is 6.92 Å². The van der Waals surface area contributed by atoms with E-state index in [0.717, 1.165) is 25.7 Å². The number of hydrogen-bond donors (Lipinski definition) is 2. The monoisotopic (exact) mass is 241 g/mol. The molecule has 0 aromatic heterocycles. The zero-order valence-electron chi connectivity index (χ0n) is 10.8. The molecule has 98 valence electrons. The van der Waals surface area contributed by atoms with Crippen LogP contribution in [0.4, 0.5) is 0 Å². The fraction of sp³-hybridized carbons (Fsp3) is 0.846. The number of hydrogen-bond acceptors (Lipinski definition) is 2. The van der Waals surface area contributed by atoms with Gasteiger partial charge in [0.25, 0.3) is 0 Å². The molecule has 1 unspecified atom stereocenters. The van der Waals surface area contributed by atoms with Crippen molar-refractivity contribution in [3.05, 3.63) is 0 Å². The molecule has 0 heterocycles. The first-order valence-electron chi connectivity index (χ1n) is 6.47. The van der Waals surface area contributed by atoms with Crippen molar-refractivity contribution in [3.63, 3.8) is 0 Å². The summed E-state index contributed by atoms with van der Waals surface area (Å²) in [7, 11) is 0. The minimum atomic E-state index is -0.865. The van der Waals surface area contributed by atoms with Crippen LogP contribution in [0.2, 0.25) is 0 Å². The van der Waals surface area contributed by atoms with E-state index in [0.29, 0.717) is 0 Å². The third-order valence-electron chi connectivity index (χ3n) is 3.75. The van der Waals surface area contributed by atoms with E-state index in [2.05, 4.69) is 5.32 Å². The van der Waals surface area contributed by atoms with Gasteiger partial charge in [0.15, 0.2) is 0 Å². The van der Waals surface area contributed by atoms with Gasteiger partial charge in [-0.15, -0.1) is 0 Å². The van der Waals surface area contributed by atoms with Crippen molar-refractivity contribution in [2.45, 2.75) is 52.4 Å². The van der Waals surface area contributed by atoms with Gasteiger partial charge in [0.2, 0.25) is 5.91 Å². The Morgan fingerprint density at radius 3 is 2.24 bits per heavy atom. The molecule has 2 N–H and O–H groups in total. The lowest BCUT2D eigenvalue weighted by Crippen LogP contribution is -2.41. The number of rotatable bonds is 4. The topological polar surface area (TPSA) is 66.4 Å². The predicted molar refractivity (Wildman–Crippen MR) is 65.6 cm³/mol. The van der Waals surface area contributed by atoms with E-state index in [1.165, 1.54) is 12.8 Å². The van der Waals surface area contributed by atoms with Gasteiger partial charge in [-0.05, 0) is 12.8 Å². The predicted octanol–water partition coefficient (Wildman–Crippen LogP) is 2.18. The summed E-state index contributed by atoms with van der Waals surface area (Å²) in [4.78, 5) is 22.8. The summed E-state index contributed by atoms with van der Waals surface area (Å²) < 4.78 is 0. The second-order valence-electron chi connectivity index (χ2n) is 5.42. The minimum absolute atomic E-state index is 0.0208. The molecule has 4 nitrogen and oxygen atoms in total. The summed E-state index contributed by atoms with van der Waals surface area (Å²) in [5.41, 5.74) is -0.297. The molecule has 1 aliphatic rings. The Labute approximate surface area is 103 Å². The number of carboxylic acids is 1. The first-order valence-corrected chi connectivity index (χ1v) is 6.47. The van der Waals surface area contributed by atoms with Gasteiger partial charge in [-0.1, -0.05) is 39.5 Å². The van der Waals surface area contributed by atoms with Crippen LogP contribution >= 0.6 is 0 Å². The quantitative estimate of drug-likeness (QED) is 0.741. The fourth-order valence-corrected chi connectivity index (χ4v) is 2.28. The second-order valence-corrected chi connectivity index (χ2v) is 5.42. The fourth-order valence-electron chi connectivity index (χ4n) is 2.28. The highest BCUT2D eigenvalue weighted by atomic mass is 16.4. The Balaban J connectivity index is 2.47. The lowest BCUT2D eigenvalue weighted by molar-refractivity contribution is -0.141. The Kier molecular flexibility index (Phi) is 4.97. The zero-order valence-corrected chi connectivity index (χ0v) is 10.8. The smallest absolute Gasteiger partial charge is 0.308 e.